The summed E-state index contributed by atoms with van der Waals surface area (Å²) in [4.78, 5) is 27.0. The zero-order valence-electron chi connectivity index (χ0n) is 16.8. The van der Waals surface area contributed by atoms with E-state index in [-0.39, 0.29) is 11.8 Å². The Morgan fingerprint density at radius 3 is 2.52 bits per heavy atom. The molecule has 1 spiro atoms. The Balaban J connectivity index is 1.49. The molecule has 1 saturated heterocycles. The van der Waals surface area contributed by atoms with Crippen LogP contribution in [0.2, 0.25) is 0 Å². The van der Waals surface area contributed by atoms with E-state index in [1.165, 1.54) is 25.7 Å². The molecule has 1 fully saturated rings. The highest BCUT2D eigenvalue weighted by molar-refractivity contribution is 6.02. The van der Waals surface area contributed by atoms with Gasteiger partial charge in [-0.3, -0.25) is 9.59 Å². The first-order chi connectivity index (χ1) is 13.0. The Morgan fingerprint density at radius 2 is 1.78 bits per heavy atom. The van der Waals surface area contributed by atoms with Crippen molar-refractivity contribution in [2.24, 2.45) is 0 Å². The van der Waals surface area contributed by atoms with Crippen molar-refractivity contribution in [2.75, 3.05) is 18.4 Å². The minimum absolute atomic E-state index is 0.0145. The van der Waals surface area contributed by atoms with Crippen molar-refractivity contribution in [3.8, 4) is 0 Å². The number of likely N-dealkylation sites (tertiary alicyclic amines) is 1. The second-order valence-electron chi connectivity index (χ2n) is 8.06. The van der Waals surface area contributed by atoms with Crippen molar-refractivity contribution in [3.63, 3.8) is 0 Å². The van der Waals surface area contributed by atoms with Crippen molar-refractivity contribution >= 4 is 17.5 Å². The number of anilines is 1. The molecule has 2 amide bonds. The van der Waals surface area contributed by atoms with Gasteiger partial charge in [-0.1, -0.05) is 51.2 Å². The highest BCUT2D eigenvalue weighted by Crippen LogP contribution is 2.33. The number of nitrogens with zero attached hydrogens (tertiary/aromatic N) is 1. The van der Waals surface area contributed by atoms with E-state index in [0.29, 0.717) is 25.1 Å². The van der Waals surface area contributed by atoms with E-state index in [0.717, 1.165) is 36.9 Å². The number of benzene rings is 1. The van der Waals surface area contributed by atoms with Gasteiger partial charge in [0.2, 0.25) is 5.91 Å². The quantitative estimate of drug-likeness (QED) is 0.706. The van der Waals surface area contributed by atoms with Crippen LogP contribution in [0.5, 0.6) is 0 Å². The number of unbranched alkanes of at least 4 members (excludes halogenated alkanes) is 5. The van der Waals surface area contributed by atoms with Gasteiger partial charge in [-0.15, -0.1) is 0 Å². The fourth-order valence-electron chi connectivity index (χ4n) is 4.18. The molecule has 3 rings (SSSR count). The maximum Gasteiger partial charge on any atom is 0.255 e. The van der Waals surface area contributed by atoms with Crippen LogP contribution in [0.25, 0.3) is 0 Å². The van der Waals surface area contributed by atoms with Gasteiger partial charge in [0, 0.05) is 32.4 Å². The van der Waals surface area contributed by atoms with Crippen LogP contribution in [0.1, 0.15) is 80.6 Å². The van der Waals surface area contributed by atoms with E-state index in [4.69, 9.17) is 0 Å². The van der Waals surface area contributed by atoms with Gasteiger partial charge < -0.3 is 15.5 Å². The number of rotatable bonds is 7. The monoisotopic (exact) mass is 371 g/mol. The summed E-state index contributed by atoms with van der Waals surface area (Å²) in [6.07, 6.45) is 9.35. The lowest BCUT2D eigenvalue weighted by Gasteiger charge is -2.46. The highest BCUT2D eigenvalue weighted by Gasteiger charge is 2.41. The van der Waals surface area contributed by atoms with Gasteiger partial charge in [-0.05, 0) is 25.0 Å². The van der Waals surface area contributed by atoms with Crippen LogP contribution >= 0.6 is 0 Å². The number of hydrogen-bond donors (Lipinski definition) is 2. The minimum atomic E-state index is -0.423. The molecule has 0 aromatic heterocycles. The molecule has 0 aliphatic carbocycles. The van der Waals surface area contributed by atoms with Crippen molar-refractivity contribution in [3.05, 3.63) is 29.3 Å². The second kappa shape index (κ2) is 8.77. The summed E-state index contributed by atoms with van der Waals surface area (Å²) in [5, 5.41) is 6.73. The molecular formula is C22H33N3O2. The van der Waals surface area contributed by atoms with E-state index in [1.54, 1.807) is 0 Å². The first-order valence-electron chi connectivity index (χ1n) is 10.5. The number of piperidine rings is 1. The van der Waals surface area contributed by atoms with E-state index in [2.05, 4.69) is 17.6 Å². The van der Waals surface area contributed by atoms with E-state index in [1.807, 2.05) is 30.0 Å². The number of aryl methyl sites for hydroxylation is 1. The Labute approximate surface area is 162 Å². The third kappa shape index (κ3) is 4.63. The fraction of sp³-hybridized carbons (Fsp3) is 0.636. The molecule has 2 N–H and O–H groups in total. The largest absolute Gasteiger partial charge is 0.362 e. The summed E-state index contributed by atoms with van der Waals surface area (Å²) < 4.78 is 0. The molecule has 0 atom stereocenters. The molecule has 1 aromatic rings. The fourth-order valence-corrected chi connectivity index (χ4v) is 4.18. The molecule has 5 nitrogen and oxygen atoms in total. The van der Waals surface area contributed by atoms with Crippen LogP contribution < -0.4 is 10.6 Å². The third-order valence-electron chi connectivity index (χ3n) is 5.95. The van der Waals surface area contributed by atoms with Crippen molar-refractivity contribution in [1.29, 1.82) is 0 Å². The highest BCUT2D eigenvalue weighted by atomic mass is 16.2. The topological polar surface area (TPSA) is 61.4 Å². The molecule has 0 saturated carbocycles. The number of carbonyl (C=O) groups excluding carboxylic acids is 2. The molecule has 0 unspecified atom stereocenters. The molecule has 0 radical (unpaired) electrons. The summed E-state index contributed by atoms with van der Waals surface area (Å²) in [7, 11) is 0. The van der Waals surface area contributed by atoms with Gasteiger partial charge in [0.25, 0.3) is 5.91 Å². The van der Waals surface area contributed by atoms with Crippen molar-refractivity contribution in [1.82, 2.24) is 10.2 Å². The Bertz CT molecular complexity index is 678. The SMILES string of the molecule is CCCCCCCCC(=O)N1CCC2(CC1)NC(=O)c1cccc(C)c1N2. The zero-order valence-corrected chi connectivity index (χ0v) is 16.8. The lowest BCUT2D eigenvalue weighted by molar-refractivity contribution is -0.132. The van der Waals surface area contributed by atoms with Crippen LogP contribution in [0, 0.1) is 6.92 Å². The van der Waals surface area contributed by atoms with Gasteiger partial charge in [0.05, 0.1) is 11.3 Å². The number of carbonyl (C=O) groups is 2. The molecule has 2 heterocycles. The lowest BCUT2D eigenvalue weighted by atomic mass is 9.91. The number of fused-ring (bicyclic) bond motifs is 1. The molecule has 0 bridgehead atoms. The van der Waals surface area contributed by atoms with Gasteiger partial charge in [-0.2, -0.15) is 0 Å². The predicted octanol–water partition coefficient (Wildman–Crippen LogP) is 4.22. The minimum Gasteiger partial charge on any atom is -0.362 e. The van der Waals surface area contributed by atoms with E-state index < -0.39 is 5.66 Å². The lowest BCUT2D eigenvalue weighted by Crippen LogP contribution is -2.62. The molecule has 27 heavy (non-hydrogen) atoms. The summed E-state index contributed by atoms with van der Waals surface area (Å²) in [6, 6.07) is 5.80. The standard InChI is InChI=1S/C22H33N3O2/c1-3-4-5-6-7-8-12-19(26)25-15-13-22(14-16-25)23-20-17(2)10-9-11-18(20)21(27)24-22/h9-11,23H,3-8,12-16H2,1-2H3,(H,24,27). The molecule has 2 aliphatic rings. The maximum atomic E-state index is 12.5. The zero-order chi connectivity index (χ0) is 19.3. The van der Waals surface area contributed by atoms with E-state index in [9.17, 15) is 9.59 Å². The number of amides is 2. The van der Waals surface area contributed by atoms with Crippen LogP contribution in [0.15, 0.2) is 18.2 Å². The summed E-state index contributed by atoms with van der Waals surface area (Å²) >= 11 is 0. The Morgan fingerprint density at radius 1 is 1.07 bits per heavy atom. The molecule has 2 aliphatic heterocycles. The molecule has 1 aromatic carbocycles. The van der Waals surface area contributed by atoms with Gasteiger partial charge >= 0.3 is 0 Å². The van der Waals surface area contributed by atoms with Crippen LogP contribution in [-0.2, 0) is 4.79 Å². The van der Waals surface area contributed by atoms with Gasteiger partial charge in [0.15, 0.2) is 0 Å². The summed E-state index contributed by atoms with van der Waals surface area (Å²) in [5.41, 5.74) is 2.31. The van der Waals surface area contributed by atoms with E-state index >= 15 is 0 Å². The third-order valence-corrected chi connectivity index (χ3v) is 5.95. The summed E-state index contributed by atoms with van der Waals surface area (Å²) in [6.45, 7) is 5.64. The van der Waals surface area contributed by atoms with Gasteiger partial charge in [-0.25, -0.2) is 0 Å². The predicted molar refractivity (Wildman–Crippen MR) is 109 cm³/mol. The summed E-state index contributed by atoms with van der Waals surface area (Å²) in [5.74, 6) is 0.248. The normalized spacial score (nSPS) is 18.0. The Hall–Kier alpha value is -2.04. The first kappa shape index (κ1) is 19.7. The number of nitrogens with one attached hydrogen (secondary N) is 2. The first-order valence-corrected chi connectivity index (χ1v) is 10.5. The average Bonchev–Trinajstić information content (AvgIpc) is 2.66. The van der Waals surface area contributed by atoms with Crippen molar-refractivity contribution in [2.45, 2.75) is 77.3 Å². The second-order valence-corrected chi connectivity index (χ2v) is 8.06. The van der Waals surface area contributed by atoms with Crippen LogP contribution in [0.4, 0.5) is 5.69 Å². The molecule has 148 valence electrons. The maximum absolute atomic E-state index is 12.5. The number of hydrogen-bond acceptors (Lipinski definition) is 3. The van der Waals surface area contributed by atoms with Crippen LogP contribution in [0.3, 0.4) is 0 Å². The molecular weight excluding hydrogens is 338 g/mol. The van der Waals surface area contributed by atoms with Crippen molar-refractivity contribution < 1.29 is 9.59 Å². The van der Waals surface area contributed by atoms with Gasteiger partial charge in [0.1, 0.15) is 5.66 Å². The Kier molecular flexibility index (Phi) is 6.40. The average molecular weight is 372 g/mol. The molecule has 5 heteroatoms. The number of para-hydroxylation sites is 1. The smallest absolute Gasteiger partial charge is 0.255 e. The van der Waals surface area contributed by atoms with Crippen LogP contribution in [-0.4, -0.2) is 35.5 Å².